The second kappa shape index (κ2) is 5.62. The Morgan fingerprint density at radius 1 is 1.21 bits per heavy atom. The van der Waals surface area contributed by atoms with Crippen LogP contribution in [0.1, 0.15) is 17.3 Å². The summed E-state index contributed by atoms with van der Waals surface area (Å²) >= 11 is 1.42. The monoisotopic (exact) mass is 274 g/mol. The number of carbonyl (C=O) groups excluding carboxylic acids is 1. The van der Waals surface area contributed by atoms with E-state index >= 15 is 0 Å². The molecule has 1 aromatic heterocycles. The molecule has 5 nitrogen and oxygen atoms in total. The third-order valence-electron chi connectivity index (χ3n) is 2.43. The van der Waals surface area contributed by atoms with Gasteiger partial charge in [0.2, 0.25) is 0 Å². The first-order valence-corrected chi connectivity index (χ1v) is 6.27. The van der Waals surface area contributed by atoms with Crippen molar-refractivity contribution in [1.29, 1.82) is 0 Å². The Morgan fingerprint density at radius 3 is 2.47 bits per heavy atom. The van der Waals surface area contributed by atoms with Crippen molar-refractivity contribution in [3.8, 4) is 0 Å². The molecule has 1 heterocycles. The highest BCUT2D eigenvalue weighted by molar-refractivity contribution is 7.99. The van der Waals surface area contributed by atoms with Gasteiger partial charge in [0.15, 0.2) is 5.78 Å². The van der Waals surface area contributed by atoms with E-state index in [0.717, 1.165) is 9.79 Å². The molecule has 0 aliphatic heterocycles. The number of rotatable bonds is 4. The summed E-state index contributed by atoms with van der Waals surface area (Å²) in [4.78, 5) is 27.4. The number of nitrogens with zero attached hydrogens (tertiary/aromatic N) is 2. The van der Waals surface area contributed by atoms with Crippen molar-refractivity contribution in [3.05, 3.63) is 58.4 Å². The number of hydrogen-bond donors (Lipinski definition) is 0. The van der Waals surface area contributed by atoms with Crippen LogP contribution >= 0.6 is 11.8 Å². The van der Waals surface area contributed by atoms with Crippen molar-refractivity contribution < 1.29 is 9.72 Å². The molecule has 0 amide bonds. The van der Waals surface area contributed by atoms with Gasteiger partial charge >= 0.3 is 0 Å². The van der Waals surface area contributed by atoms with E-state index in [1.807, 2.05) is 12.1 Å². The molecule has 6 heteroatoms. The third-order valence-corrected chi connectivity index (χ3v) is 3.43. The van der Waals surface area contributed by atoms with Crippen molar-refractivity contribution in [1.82, 2.24) is 4.98 Å². The van der Waals surface area contributed by atoms with Crippen LogP contribution < -0.4 is 0 Å². The van der Waals surface area contributed by atoms with Crippen LogP contribution in [-0.2, 0) is 0 Å². The van der Waals surface area contributed by atoms with Gasteiger partial charge in [0, 0.05) is 28.3 Å². The normalized spacial score (nSPS) is 10.2. The highest BCUT2D eigenvalue weighted by atomic mass is 32.2. The first kappa shape index (κ1) is 13.2. The number of hydrogen-bond acceptors (Lipinski definition) is 5. The van der Waals surface area contributed by atoms with Crippen molar-refractivity contribution >= 4 is 23.2 Å². The molecule has 0 unspecified atom stereocenters. The number of ketones is 1. The molecular formula is C13H10N2O3S. The quantitative estimate of drug-likeness (QED) is 0.485. The average molecular weight is 274 g/mol. The lowest BCUT2D eigenvalue weighted by atomic mass is 10.1. The lowest BCUT2D eigenvalue weighted by molar-refractivity contribution is -0.385. The maximum absolute atomic E-state index is 11.5. The lowest BCUT2D eigenvalue weighted by Crippen LogP contribution is -2.00. The van der Waals surface area contributed by atoms with E-state index in [1.165, 1.54) is 24.8 Å². The number of carbonyl (C=O) groups is 1. The van der Waals surface area contributed by atoms with Gasteiger partial charge in [-0.05, 0) is 31.2 Å². The van der Waals surface area contributed by atoms with E-state index in [0.29, 0.717) is 0 Å². The topological polar surface area (TPSA) is 73.1 Å². The summed E-state index contributed by atoms with van der Waals surface area (Å²) in [6.45, 7) is 1.32. The summed E-state index contributed by atoms with van der Waals surface area (Å²) in [5, 5.41) is 10.8. The van der Waals surface area contributed by atoms with Crippen molar-refractivity contribution in [2.45, 2.75) is 16.7 Å². The Kier molecular flexibility index (Phi) is 3.91. The highest BCUT2D eigenvalue weighted by Crippen LogP contribution is 2.31. The minimum Gasteiger partial charge on any atom is -0.294 e. The molecule has 0 aliphatic rings. The molecule has 0 radical (unpaired) electrons. The molecule has 0 saturated carbocycles. The number of nitro groups is 1. The Labute approximate surface area is 113 Å². The first-order chi connectivity index (χ1) is 9.08. The largest absolute Gasteiger partial charge is 0.294 e. The number of pyridine rings is 1. The fourth-order valence-electron chi connectivity index (χ4n) is 1.56. The van der Waals surface area contributed by atoms with Gasteiger partial charge in [-0.2, -0.15) is 0 Å². The van der Waals surface area contributed by atoms with E-state index in [1.54, 1.807) is 24.5 Å². The molecular weight excluding hydrogens is 264 g/mol. The van der Waals surface area contributed by atoms with Crippen LogP contribution in [0.25, 0.3) is 0 Å². The first-order valence-electron chi connectivity index (χ1n) is 5.45. The average Bonchev–Trinajstić information content (AvgIpc) is 2.39. The summed E-state index contributed by atoms with van der Waals surface area (Å²) in [6, 6.07) is 8.21. The van der Waals surface area contributed by atoms with E-state index in [2.05, 4.69) is 4.98 Å². The van der Waals surface area contributed by atoms with Crippen LogP contribution in [0.4, 0.5) is 5.69 Å². The van der Waals surface area contributed by atoms with Crippen molar-refractivity contribution in [2.24, 2.45) is 0 Å². The third kappa shape index (κ3) is 3.17. The summed E-state index contributed by atoms with van der Waals surface area (Å²) in [5.41, 5.74) is -0.0318. The summed E-state index contributed by atoms with van der Waals surface area (Å²) in [6.07, 6.45) is 3.33. The zero-order valence-electron chi connectivity index (χ0n) is 10.1. The molecule has 0 N–H and O–H groups in total. The van der Waals surface area contributed by atoms with Crippen molar-refractivity contribution in [3.63, 3.8) is 0 Å². The fourth-order valence-corrected chi connectivity index (χ4v) is 2.41. The molecule has 0 saturated heterocycles. The number of benzene rings is 1. The molecule has 0 aliphatic carbocycles. The van der Waals surface area contributed by atoms with Gasteiger partial charge in [-0.25, -0.2) is 0 Å². The van der Waals surface area contributed by atoms with Gasteiger partial charge < -0.3 is 0 Å². The second-order valence-electron chi connectivity index (χ2n) is 3.78. The molecule has 2 rings (SSSR count). The Morgan fingerprint density at radius 2 is 1.89 bits per heavy atom. The molecule has 0 spiro atoms. The van der Waals surface area contributed by atoms with Gasteiger partial charge in [0.25, 0.3) is 5.69 Å². The zero-order chi connectivity index (χ0) is 13.8. The van der Waals surface area contributed by atoms with Crippen LogP contribution in [-0.4, -0.2) is 15.7 Å². The molecule has 19 heavy (non-hydrogen) atoms. The van der Waals surface area contributed by atoms with Gasteiger partial charge in [0.1, 0.15) is 0 Å². The van der Waals surface area contributed by atoms with Gasteiger partial charge in [0.05, 0.1) is 10.5 Å². The molecule has 0 atom stereocenters. The molecule has 2 aromatic rings. The minimum atomic E-state index is -0.544. The van der Waals surface area contributed by atoms with Crippen LogP contribution in [0, 0.1) is 10.1 Å². The fraction of sp³-hybridized carbons (Fsp3) is 0.0769. The van der Waals surface area contributed by atoms with Crippen LogP contribution in [0.3, 0.4) is 0 Å². The number of nitro benzene ring substituents is 1. The Bertz CT molecular complexity index is 629. The zero-order valence-corrected chi connectivity index (χ0v) is 10.9. The highest BCUT2D eigenvalue weighted by Gasteiger charge is 2.17. The standard InChI is InChI=1S/C13H10N2O3S/c1-9(16)12-8-11(2-3-13(12)15(17)18)19-10-4-6-14-7-5-10/h2-8H,1H3. The van der Waals surface area contributed by atoms with E-state index in [9.17, 15) is 14.9 Å². The number of aromatic nitrogens is 1. The predicted molar refractivity (Wildman–Crippen MR) is 71.5 cm³/mol. The van der Waals surface area contributed by atoms with Crippen LogP contribution in [0.15, 0.2) is 52.5 Å². The predicted octanol–water partition coefficient (Wildman–Crippen LogP) is 3.34. The maximum Gasteiger partial charge on any atom is 0.280 e. The minimum absolute atomic E-state index is 0.129. The molecule has 0 bridgehead atoms. The Hall–Kier alpha value is -2.21. The Balaban J connectivity index is 2.36. The van der Waals surface area contributed by atoms with Gasteiger partial charge in [-0.3, -0.25) is 19.9 Å². The molecule has 0 fully saturated rings. The lowest BCUT2D eigenvalue weighted by Gasteiger charge is -2.04. The van der Waals surface area contributed by atoms with Gasteiger partial charge in [-0.1, -0.05) is 11.8 Å². The van der Waals surface area contributed by atoms with E-state index in [4.69, 9.17) is 0 Å². The van der Waals surface area contributed by atoms with E-state index in [-0.39, 0.29) is 17.0 Å². The molecule has 1 aromatic carbocycles. The van der Waals surface area contributed by atoms with Crippen LogP contribution in [0.5, 0.6) is 0 Å². The van der Waals surface area contributed by atoms with Crippen molar-refractivity contribution in [2.75, 3.05) is 0 Å². The SMILES string of the molecule is CC(=O)c1cc(Sc2ccncc2)ccc1[N+](=O)[O-]. The summed E-state index contributed by atoms with van der Waals surface area (Å²) in [5.74, 6) is -0.316. The van der Waals surface area contributed by atoms with Gasteiger partial charge in [-0.15, -0.1) is 0 Å². The maximum atomic E-state index is 11.5. The number of Topliss-reactive ketones (excluding diaryl/α,β-unsaturated/α-hetero) is 1. The smallest absolute Gasteiger partial charge is 0.280 e. The van der Waals surface area contributed by atoms with E-state index < -0.39 is 4.92 Å². The summed E-state index contributed by atoms with van der Waals surface area (Å²) < 4.78 is 0. The second-order valence-corrected chi connectivity index (χ2v) is 4.92. The van der Waals surface area contributed by atoms with Crippen LogP contribution in [0.2, 0.25) is 0 Å². The summed E-state index contributed by atoms with van der Waals surface area (Å²) in [7, 11) is 0. The molecule has 96 valence electrons.